The zero-order chi connectivity index (χ0) is 13.2. The number of allylic oxidation sites excluding steroid dienone is 2. The molecule has 3 heteroatoms. The molecule has 1 aromatic carbocycles. The minimum atomic E-state index is -0.00681. The van der Waals surface area contributed by atoms with Crippen LogP contribution in [0.3, 0.4) is 0 Å². The molecule has 0 saturated carbocycles. The molecule has 0 bridgehead atoms. The second-order valence-corrected chi connectivity index (χ2v) is 5.43. The molecule has 0 radical (unpaired) electrons. The van der Waals surface area contributed by atoms with Gasteiger partial charge in [-0.05, 0) is 24.0 Å². The van der Waals surface area contributed by atoms with E-state index in [9.17, 15) is 4.79 Å². The lowest BCUT2D eigenvalue weighted by molar-refractivity contribution is 0.104. The van der Waals surface area contributed by atoms with Gasteiger partial charge >= 0.3 is 0 Å². The second-order valence-electron chi connectivity index (χ2n) is 5.43. The fraction of sp³-hybridized carbons (Fsp3) is 0.400. The van der Waals surface area contributed by atoms with Crippen LogP contribution in [0, 0.1) is 5.41 Å². The number of para-hydroxylation sites is 1. The highest BCUT2D eigenvalue weighted by atomic mass is 16.5. The third kappa shape index (κ3) is 2.73. The summed E-state index contributed by atoms with van der Waals surface area (Å²) in [6.45, 7) is 5.29. The van der Waals surface area contributed by atoms with Crippen LogP contribution < -0.4 is 10.1 Å². The van der Waals surface area contributed by atoms with Gasteiger partial charge in [-0.1, -0.05) is 26.0 Å². The molecule has 1 aromatic rings. The largest absolute Gasteiger partial charge is 0.496 e. The van der Waals surface area contributed by atoms with E-state index in [1.54, 1.807) is 25.3 Å². The minimum absolute atomic E-state index is 0.00681. The zero-order valence-electron chi connectivity index (χ0n) is 11.1. The lowest BCUT2D eigenvalue weighted by Crippen LogP contribution is -2.15. The molecule has 1 N–H and O–H groups in total. The highest BCUT2D eigenvalue weighted by Crippen LogP contribution is 2.29. The molecule has 0 spiro atoms. The Morgan fingerprint density at radius 3 is 2.72 bits per heavy atom. The Hall–Kier alpha value is -1.77. The summed E-state index contributed by atoms with van der Waals surface area (Å²) in [6, 6.07) is 7.30. The summed E-state index contributed by atoms with van der Waals surface area (Å²) in [7, 11) is 1.58. The van der Waals surface area contributed by atoms with Crippen molar-refractivity contribution in [3.05, 3.63) is 41.6 Å². The maximum atomic E-state index is 12.2. The number of ether oxygens (including phenoxy) is 1. The van der Waals surface area contributed by atoms with E-state index >= 15 is 0 Å². The van der Waals surface area contributed by atoms with Gasteiger partial charge in [0.1, 0.15) is 5.75 Å². The van der Waals surface area contributed by atoms with E-state index in [1.807, 2.05) is 12.1 Å². The average Bonchev–Trinajstić information content (AvgIpc) is 2.68. The van der Waals surface area contributed by atoms with Gasteiger partial charge in [0, 0.05) is 18.3 Å². The Labute approximate surface area is 108 Å². The number of ketones is 1. The summed E-state index contributed by atoms with van der Waals surface area (Å²) in [5.74, 6) is 0.615. The summed E-state index contributed by atoms with van der Waals surface area (Å²) in [6.07, 6.45) is 2.60. The van der Waals surface area contributed by atoms with Gasteiger partial charge in [0.05, 0.1) is 12.7 Å². The van der Waals surface area contributed by atoms with Gasteiger partial charge in [-0.2, -0.15) is 0 Å². The van der Waals surface area contributed by atoms with Crippen molar-refractivity contribution >= 4 is 5.78 Å². The van der Waals surface area contributed by atoms with Gasteiger partial charge < -0.3 is 10.1 Å². The number of carbonyl (C=O) groups is 1. The molecule has 1 heterocycles. The van der Waals surface area contributed by atoms with Crippen LogP contribution in [0.25, 0.3) is 0 Å². The fourth-order valence-corrected chi connectivity index (χ4v) is 2.18. The molecule has 0 aromatic heterocycles. The van der Waals surface area contributed by atoms with Crippen LogP contribution >= 0.6 is 0 Å². The first-order valence-corrected chi connectivity index (χ1v) is 6.14. The number of nitrogens with one attached hydrogen (secondary N) is 1. The van der Waals surface area contributed by atoms with E-state index in [0.29, 0.717) is 11.3 Å². The van der Waals surface area contributed by atoms with Crippen molar-refractivity contribution in [2.75, 3.05) is 13.7 Å². The standard InChI is InChI=1S/C15H19NO2/c1-15(2)9-11(16-10-15)8-13(17)12-6-4-5-7-14(12)18-3/h4-8,16H,9-10H2,1-3H3/b11-8-. The van der Waals surface area contributed by atoms with Crippen LogP contribution in [0.5, 0.6) is 5.75 Å². The van der Waals surface area contributed by atoms with Crippen LogP contribution in [-0.2, 0) is 0 Å². The normalized spacial score (nSPS) is 19.6. The van der Waals surface area contributed by atoms with Crippen LogP contribution in [0.2, 0.25) is 0 Å². The maximum absolute atomic E-state index is 12.2. The molecule has 18 heavy (non-hydrogen) atoms. The molecule has 96 valence electrons. The molecule has 0 amide bonds. The van der Waals surface area contributed by atoms with E-state index in [-0.39, 0.29) is 11.2 Å². The van der Waals surface area contributed by atoms with Crippen LogP contribution in [0.1, 0.15) is 30.6 Å². The minimum Gasteiger partial charge on any atom is -0.496 e. The first-order chi connectivity index (χ1) is 8.52. The summed E-state index contributed by atoms with van der Waals surface area (Å²) in [5.41, 5.74) is 1.85. The smallest absolute Gasteiger partial charge is 0.191 e. The quantitative estimate of drug-likeness (QED) is 0.657. The topological polar surface area (TPSA) is 38.3 Å². The van der Waals surface area contributed by atoms with Crippen LogP contribution in [-0.4, -0.2) is 19.4 Å². The predicted molar refractivity (Wildman–Crippen MR) is 71.8 cm³/mol. The summed E-state index contributed by atoms with van der Waals surface area (Å²) >= 11 is 0. The van der Waals surface area contributed by atoms with E-state index in [0.717, 1.165) is 18.7 Å². The van der Waals surface area contributed by atoms with E-state index < -0.39 is 0 Å². The average molecular weight is 245 g/mol. The van der Waals surface area contributed by atoms with Crippen molar-refractivity contribution in [3.63, 3.8) is 0 Å². The van der Waals surface area contributed by atoms with Crippen molar-refractivity contribution < 1.29 is 9.53 Å². The number of benzene rings is 1. The molecule has 3 nitrogen and oxygen atoms in total. The van der Waals surface area contributed by atoms with Gasteiger partial charge in [0.25, 0.3) is 0 Å². The van der Waals surface area contributed by atoms with Crippen LogP contribution in [0.15, 0.2) is 36.0 Å². The summed E-state index contributed by atoms with van der Waals surface area (Å²) in [5, 5.41) is 3.28. The summed E-state index contributed by atoms with van der Waals surface area (Å²) in [4.78, 5) is 12.2. The lowest BCUT2D eigenvalue weighted by Gasteiger charge is -2.12. The Balaban J connectivity index is 2.20. The Bertz CT molecular complexity index is 489. The number of methoxy groups -OCH3 is 1. The van der Waals surface area contributed by atoms with Gasteiger partial charge in [-0.3, -0.25) is 4.79 Å². The molecule has 1 aliphatic heterocycles. The van der Waals surface area contributed by atoms with Gasteiger partial charge in [0.15, 0.2) is 5.78 Å². The van der Waals surface area contributed by atoms with E-state index in [1.165, 1.54) is 0 Å². The number of hydrogen-bond donors (Lipinski definition) is 1. The van der Waals surface area contributed by atoms with Crippen molar-refractivity contribution in [1.82, 2.24) is 5.32 Å². The number of rotatable bonds is 3. The van der Waals surface area contributed by atoms with Gasteiger partial charge in [-0.15, -0.1) is 0 Å². The third-order valence-corrected chi connectivity index (χ3v) is 3.14. The molecule has 1 aliphatic rings. The number of hydrogen-bond acceptors (Lipinski definition) is 3. The maximum Gasteiger partial charge on any atom is 0.191 e. The monoisotopic (exact) mass is 245 g/mol. The molecule has 0 unspecified atom stereocenters. The van der Waals surface area contributed by atoms with E-state index in [2.05, 4.69) is 19.2 Å². The molecular weight excluding hydrogens is 226 g/mol. The first kappa shape index (κ1) is 12.7. The SMILES string of the molecule is COc1ccccc1C(=O)/C=C1/CC(C)(C)CN1. The second kappa shape index (κ2) is 4.84. The fourth-order valence-electron chi connectivity index (χ4n) is 2.18. The van der Waals surface area contributed by atoms with Crippen molar-refractivity contribution in [3.8, 4) is 5.75 Å². The molecule has 0 aliphatic carbocycles. The highest BCUT2D eigenvalue weighted by molar-refractivity contribution is 6.06. The Morgan fingerprint density at radius 1 is 1.39 bits per heavy atom. The Kier molecular flexibility index (Phi) is 3.41. The zero-order valence-corrected chi connectivity index (χ0v) is 11.1. The molecule has 1 fully saturated rings. The predicted octanol–water partition coefficient (Wildman–Crippen LogP) is 2.78. The van der Waals surface area contributed by atoms with E-state index in [4.69, 9.17) is 4.74 Å². The molecule has 1 saturated heterocycles. The summed E-state index contributed by atoms with van der Waals surface area (Å²) < 4.78 is 5.20. The highest BCUT2D eigenvalue weighted by Gasteiger charge is 2.26. The molecular formula is C15H19NO2. The van der Waals surface area contributed by atoms with Crippen molar-refractivity contribution in [2.45, 2.75) is 20.3 Å². The molecule has 2 rings (SSSR count). The Morgan fingerprint density at radius 2 is 2.11 bits per heavy atom. The third-order valence-electron chi connectivity index (χ3n) is 3.14. The van der Waals surface area contributed by atoms with Crippen molar-refractivity contribution in [2.24, 2.45) is 5.41 Å². The van der Waals surface area contributed by atoms with Crippen LogP contribution in [0.4, 0.5) is 0 Å². The number of carbonyl (C=O) groups excluding carboxylic acids is 1. The molecule has 0 atom stereocenters. The lowest BCUT2D eigenvalue weighted by atomic mass is 9.92. The van der Waals surface area contributed by atoms with Gasteiger partial charge in [0.2, 0.25) is 0 Å². The van der Waals surface area contributed by atoms with Gasteiger partial charge in [-0.25, -0.2) is 0 Å². The first-order valence-electron chi connectivity index (χ1n) is 6.14. The van der Waals surface area contributed by atoms with Crippen molar-refractivity contribution in [1.29, 1.82) is 0 Å².